The smallest absolute Gasteiger partial charge is 0.326 e. The van der Waals surface area contributed by atoms with Crippen molar-refractivity contribution in [3.8, 4) is 0 Å². The third-order valence-corrected chi connectivity index (χ3v) is 4.49. The van der Waals surface area contributed by atoms with Gasteiger partial charge in [-0.2, -0.15) is 0 Å². The van der Waals surface area contributed by atoms with E-state index in [1.165, 1.54) is 23.1 Å². The minimum Gasteiger partial charge on any atom is -0.465 e. The third kappa shape index (κ3) is 4.55. The highest BCUT2D eigenvalue weighted by molar-refractivity contribution is 8.01. The monoisotopic (exact) mass is 289 g/mol. The molecule has 1 aromatic heterocycles. The van der Waals surface area contributed by atoms with E-state index in [1.807, 2.05) is 13.8 Å². The van der Waals surface area contributed by atoms with Gasteiger partial charge in [-0.1, -0.05) is 30.0 Å². The highest BCUT2D eigenvalue weighted by Crippen LogP contribution is 2.24. The van der Waals surface area contributed by atoms with Crippen LogP contribution in [-0.2, 0) is 9.53 Å². The number of hydrogen-bond acceptors (Lipinski definition) is 7. The maximum Gasteiger partial charge on any atom is 0.326 e. The molecule has 18 heavy (non-hydrogen) atoms. The van der Waals surface area contributed by atoms with E-state index < -0.39 is 5.54 Å². The van der Waals surface area contributed by atoms with Gasteiger partial charge in [-0.05, 0) is 26.8 Å². The first kappa shape index (κ1) is 15.4. The van der Waals surface area contributed by atoms with E-state index in [2.05, 4.69) is 22.4 Å². The molecule has 1 rings (SSSR count). The highest BCUT2D eigenvalue weighted by atomic mass is 32.2. The number of nitrogens with zero attached hydrogens (tertiary/aromatic N) is 2. The molecule has 5 nitrogen and oxygen atoms in total. The fourth-order valence-electron chi connectivity index (χ4n) is 1.31. The van der Waals surface area contributed by atoms with Gasteiger partial charge in [-0.3, -0.25) is 4.79 Å². The largest absolute Gasteiger partial charge is 0.465 e. The molecule has 0 fully saturated rings. The predicted molar refractivity (Wildman–Crippen MR) is 74.0 cm³/mol. The van der Waals surface area contributed by atoms with Crippen molar-refractivity contribution in [2.24, 2.45) is 0 Å². The lowest BCUT2D eigenvalue weighted by molar-refractivity contribution is -0.149. The minimum absolute atomic E-state index is 0.213. The average molecular weight is 289 g/mol. The second kappa shape index (κ2) is 7.70. The molecule has 0 saturated heterocycles. The molecule has 1 heterocycles. The summed E-state index contributed by atoms with van der Waals surface area (Å²) < 4.78 is 5.99. The van der Waals surface area contributed by atoms with Gasteiger partial charge in [-0.15, -0.1) is 10.2 Å². The second-order valence-electron chi connectivity index (χ2n) is 3.97. The molecule has 0 aliphatic rings. The molecule has 0 aliphatic heterocycles. The van der Waals surface area contributed by atoms with E-state index in [9.17, 15) is 4.79 Å². The fraction of sp³-hybridized carbons (Fsp3) is 0.727. The molecule has 1 unspecified atom stereocenters. The highest BCUT2D eigenvalue weighted by Gasteiger charge is 2.34. The van der Waals surface area contributed by atoms with Gasteiger partial charge >= 0.3 is 5.97 Å². The molecule has 0 saturated carbocycles. The van der Waals surface area contributed by atoms with Crippen LogP contribution < -0.4 is 5.32 Å². The van der Waals surface area contributed by atoms with Crippen molar-refractivity contribution >= 4 is 29.1 Å². The van der Waals surface area contributed by atoms with E-state index in [4.69, 9.17) is 4.74 Å². The van der Waals surface area contributed by atoms with Gasteiger partial charge in [-0.25, -0.2) is 0 Å². The van der Waals surface area contributed by atoms with Crippen LogP contribution in [0.5, 0.6) is 0 Å². The normalized spacial score (nSPS) is 14.2. The van der Waals surface area contributed by atoms with Gasteiger partial charge in [0.2, 0.25) is 0 Å². The Morgan fingerprint density at radius 1 is 1.61 bits per heavy atom. The molecule has 0 spiro atoms. The summed E-state index contributed by atoms with van der Waals surface area (Å²) in [5, 5.41) is 11.0. The summed E-state index contributed by atoms with van der Waals surface area (Å²) in [6.45, 7) is 6.93. The van der Waals surface area contributed by atoms with Gasteiger partial charge < -0.3 is 10.1 Å². The van der Waals surface area contributed by atoms with Crippen molar-refractivity contribution < 1.29 is 9.53 Å². The number of ether oxygens (including phenoxy) is 1. The van der Waals surface area contributed by atoms with Crippen LogP contribution in [0.2, 0.25) is 0 Å². The Hall–Kier alpha value is -0.660. The summed E-state index contributed by atoms with van der Waals surface area (Å²) in [5.41, 5.74) is 1.01. The Morgan fingerprint density at radius 2 is 2.39 bits per heavy atom. The first-order chi connectivity index (χ1) is 8.62. The molecule has 1 N–H and O–H groups in total. The van der Waals surface area contributed by atoms with Crippen LogP contribution in [0.3, 0.4) is 0 Å². The summed E-state index contributed by atoms with van der Waals surface area (Å²) >= 11 is 2.99. The van der Waals surface area contributed by atoms with E-state index in [0.717, 1.165) is 17.3 Å². The number of nitrogens with one attached hydrogen (secondary N) is 1. The van der Waals surface area contributed by atoms with Crippen LogP contribution in [0.25, 0.3) is 0 Å². The minimum atomic E-state index is -0.678. The van der Waals surface area contributed by atoms with Crippen LogP contribution in [-0.4, -0.2) is 40.6 Å². The molecular formula is C11H19N3O2S2. The molecule has 7 heteroatoms. The Labute approximate surface area is 116 Å². The van der Waals surface area contributed by atoms with E-state index in [0.29, 0.717) is 12.4 Å². The molecule has 0 aromatic carbocycles. The molecular weight excluding hydrogens is 270 g/mol. The van der Waals surface area contributed by atoms with Crippen LogP contribution in [0.1, 0.15) is 27.2 Å². The lowest BCUT2D eigenvalue weighted by atomic mass is 10.1. The predicted octanol–water partition coefficient (Wildman–Crippen LogP) is 1.95. The Kier molecular flexibility index (Phi) is 6.59. The molecule has 0 radical (unpaired) electrons. The fourth-order valence-corrected chi connectivity index (χ4v) is 2.90. The lowest BCUT2D eigenvalue weighted by Crippen LogP contribution is -2.52. The van der Waals surface area contributed by atoms with E-state index in [-0.39, 0.29) is 5.97 Å². The second-order valence-corrected chi connectivity index (χ2v) is 6.03. The van der Waals surface area contributed by atoms with Crippen molar-refractivity contribution in [3.05, 3.63) is 5.51 Å². The third-order valence-electron chi connectivity index (χ3n) is 2.32. The summed E-state index contributed by atoms with van der Waals surface area (Å²) in [4.78, 5) is 12.0. The van der Waals surface area contributed by atoms with E-state index in [1.54, 1.807) is 5.51 Å². The van der Waals surface area contributed by atoms with Crippen molar-refractivity contribution in [1.29, 1.82) is 0 Å². The van der Waals surface area contributed by atoms with Gasteiger partial charge in [0.25, 0.3) is 0 Å². The number of rotatable bonds is 8. The molecule has 0 amide bonds. The van der Waals surface area contributed by atoms with Gasteiger partial charge in [0, 0.05) is 5.75 Å². The average Bonchev–Trinajstić information content (AvgIpc) is 2.87. The van der Waals surface area contributed by atoms with Crippen molar-refractivity contribution in [3.63, 3.8) is 0 Å². The molecule has 0 aliphatic carbocycles. The summed E-state index contributed by atoms with van der Waals surface area (Å²) in [6, 6.07) is 0. The first-order valence-corrected chi connectivity index (χ1v) is 7.80. The Bertz CT molecular complexity index is 359. The zero-order chi connectivity index (χ0) is 13.4. The molecule has 102 valence electrons. The maximum absolute atomic E-state index is 12.0. The zero-order valence-electron chi connectivity index (χ0n) is 10.9. The number of hydrogen-bond donors (Lipinski definition) is 1. The van der Waals surface area contributed by atoms with E-state index >= 15 is 0 Å². The van der Waals surface area contributed by atoms with Crippen LogP contribution in [0.4, 0.5) is 0 Å². The van der Waals surface area contributed by atoms with Crippen LogP contribution in [0, 0.1) is 0 Å². The topological polar surface area (TPSA) is 64.1 Å². The van der Waals surface area contributed by atoms with Crippen LogP contribution in [0.15, 0.2) is 9.85 Å². The lowest BCUT2D eigenvalue weighted by Gasteiger charge is -2.27. The number of esters is 1. The molecule has 1 atom stereocenters. The van der Waals surface area contributed by atoms with Gasteiger partial charge in [0.05, 0.1) is 6.61 Å². The summed E-state index contributed by atoms with van der Waals surface area (Å²) in [5.74, 6) is 0.372. The number of carbonyl (C=O) groups excluding carboxylic acids is 1. The standard InChI is InChI=1S/C11H19N3O2S2/c1-4-6-12-11(3,9(15)16-5-2)7-17-10-14-13-8-18-10/h8,12H,4-7H2,1-3H3. The van der Waals surface area contributed by atoms with Crippen LogP contribution >= 0.6 is 23.1 Å². The van der Waals surface area contributed by atoms with Crippen molar-refractivity contribution in [2.45, 2.75) is 37.1 Å². The number of aromatic nitrogens is 2. The summed E-state index contributed by atoms with van der Waals surface area (Å²) in [7, 11) is 0. The molecule has 1 aromatic rings. The van der Waals surface area contributed by atoms with Crippen molar-refractivity contribution in [1.82, 2.24) is 15.5 Å². The first-order valence-electron chi connectivity index (χ1n) is 5.93. The summed E-state index contributed by atoms with van der Waals surface area (Å²) in [6.07, 6.45) is 0.971. The number of carbonyl (C=O) groups is 1. The SMILES string of the molecule is CCCNC(C)(CSc1nncs1)C(=O)OCC. The number of thioether (sulfide) groups is 1. The quantitative estimate of drug-likeness (QED) is 0.583. The maximum atomic E-state index is 12.0. The van der Waals surface area contributed by atoms with Gasteiger partial charge in [0.1, 0.15) is 11.0 Å². The Morgan fingerprint density at radius 3 is 2.94 bits per heavy atom. The Balaban J connectivity index is 2.61. The zero-order valence-corrected chi connectivity index (χ0v) is 12.6. The van der Waals surface area contributed by atoms with Crippen molar-refractivity contribution in [2.75, 3.05) is 18.9 Å². The van der Waals surface area contributed by atoms with Gasteiger partial charge in [0.15, 0.2) is 4.34 Å². The molecule has 0 bridgehead atoms.